The molecule has 2 rings (SSSR count). The lowest BCUT2D eigenvalue weighted by molar-refractivity contribution is -0.149. The Balaban J connectivity index is 2.12. The summed E-state index contributed by atoms with van der Waals surface area (Å²) in [6, 6.07) is 3.13. The molecule has 1 atom stereocenters. The molecule has 0 radical (unpaired) electrons. The monoisotopic (exact) mass is 280 g/mol. The van der Waals surface area contributed by atoms with Crippen molar-refractivity contribution in [3.63, 3.8) is 0 Å². The second-order valence-electron chi connectivity index (χ2n) is 5.01. The lowest BCUT2D eigenvalue weighted by Gasteiger charge is -2.39. The Kier molecular flexibility index (Phi) is 4.44. The van der Waals surface area contributed by atoms with E-state index in [4.69, 9.17) is 9.52 Å². The average molecular weight is 280 g/mol. The van der Waals surface area contributed by atoms with E-state index in [0.717, 1.165) is 11.5 Å². The maximum Gasteiger partial charge on any atom is 0.305 e. The van der Waals surface area contributed by atoms with Crippen LogP contribution in [0, 0.1) is 6.92 Å². The molecule has 20 heavy (non-hydrogen) atoms. The molecule has 1 aliphatic rings. The van der Waals surface area contributed by atoms with Crippen LogP contribution in [0.3, 0.4) is 0 Å². The fourth-order valence-electron chi connectivity index (χ4n) is 2.54. The fraction of sp³-hybridized carbons (Fsp3) is 0.571. The number of aliphatic carboxylic acids is 1. The van der Waals surface area contributed by atoms with Gasteiger partial charge in [0.2, 0.25) is 5.91 Å². The molecule has 1 unspecified atom stereocenters. The Morgan fingerprint density at radius 2 is 2.20 bits per heavy atom. The van der Waals surface area contributed by atoms with Gasteiger partial charge in [-0.15, -0.1) is 0 Å². The summed E-state index contributed by atoms with van der Waals surface area (Å²) in [5.74, 6) is 0.510. The Hall–Kier alpha value is -1.82. The lowest BCUT2D eigenvalue weighted by Crippen LogP contribution is -2.57. The predicted molar refractivity (Wildman–Crippen MR) is 72.1 cm³/mol. The third-order valence-electron chi connectivity index (χ3n) is 3.60. The topological polar surface area (TPSA) is 74.0 Å². The number of hydrogen-bond donors (Lipinski definition) is 1. The molecule has 110 valence electrons. The highest BCUT2D eigenvalue weighted by Crippen LogP contribution is 2.19. The highest BCUT2D eigenvalue weighted by Gasteiger charge is 2.35. The SMILES string of the molecule is CCN1CCN(Cc2ccc(C)o2)C(CC(=O)O)C1=O. The van der Waals surface area contributed by atoms with E-state index in [9.17, 15) is 9.59 Å². The van der Waals surface area contributed by atoms with Crippen LogP contribution in [0.15, 0.2) is 16.5 Å². The summed E-state index contributed by atoms with van der Waals surface area (Å²) in [6.45, 7) is 6.14. The van der Waals surface area contributed by atoms with Gasteiger partial charge in [-0.05, 0) is 26.0 Å². The van der Waals surface area contributed by atoms with Gasteiger partial charge in [0.25, 0.3) is 0 Å². The smallest absolute Gasteiger partial charge is 0.305 e. The Labute approximate surface area is 118 Å². The number of aryl methyl sites for hydroxylation is 1. The molecule has 2 heterocycles. The van der Waals surface area contributed by atoms with Crippen LogP contribution in [-0.4, -0.2) is 52.5 Å². The molecule has 1 amide bonds. The van der Waals surface area contributed by atoms with E-state index in [1.165, 1.54) is 0 Å². The average Bonchev–Trinajstić information content (AvgIpc) is 2.79. The Morgan fingerprint density at radius 3 is 2.75 bits per heavy atom. The molecule has 1 aromatic heterocycles. The van der Waals surface area contributed by atoms with Gasteiger partial charge in [0.05, 0.1) is 13.0 Å². The quantitative estimate of drug-likeness (QED) is 0.874. The highest BCUT2D eigenvalue weighted by molar-refractivity contribution is 5.86. The van der Waals surface area contributed by atoms with Crippen molar-refractivity contribution in [3.05, 3.63) is 23.7 Å². The first-order valence-electron chi connectivity index (χ1n) is 6.81. The van der Waals surface area contributed by atoms with E-state index >= 15 is 0 Å². The number of carboxylic acids is 1. The molecule has 1 N–H and O–H groups in total. The van der Waals surface area contributed by atoms with Gasteiger partial charge < -0.3 is 14.4 Å². The number of carbonyl (C=O) groups is 2. The first-order chi connectivity index (χ1) is 9.51. The van der Waals surface area contributed by atoms with Crippen molar-refractivity contribution in [2.75, 3.05) is 19.6 Å². The third-order valence-corrected chi connectivity index (χ3v) is 3.60. The largest absolute Gasteiger partial charge is 0.481 e. The lowest BCUT2D eigenvalue weighted by atomic mass is 10.1. The molecule has 0 bridgehead atoms. The van der Waals surface area contributed by atoms with Crippen molar-refractivity contribution in [1.82, 2.24) is 9.80 Å². The van der Waals surface area contributed by atoms with Gasteiger partial charge in [0, 0.05) is 19.6 Å². The summed E-state index contributed by atoms with van der Waals surface area (Å²) < 4.78 is 5.51. The van der Waals surface area contributed by atoms with Crippen LogP contribution in [0.4, 0.5) is 0 Å². The van der Waals surface area contributed by atoms with E-state index < -0.39 is 12.0 Å². The summed E-state index contributed by atoms with van der Waals surface area (Å²) in [7, 11) is 0. The minimum Gasteiger partial charge on any atom is -0.481 e. The minimum absolute atomic E-state index is 0.107. The number of furan rings is 1. The van der Waals surface area contributed by atoms with Crippen LogP contribution < -0.4 is 0 Å². The van der Waals surface area contributed by atoms with Gasteiger partial charge in [-0.1, -0.05) is 0 Å². The first-order valence-corrected chi connectivity index (χ1v) is 6.81. The molecule has 1 saturated heterocycles. The fourth-order valence-corrected chi connectivity index (χ4v) is 2.54. The summed E-state index contributed by atoms with van der Waals surface area (Å²) >= 11 is 0. The van der Waals surface area contributed by atoms with Gasteiger partial charge in [0.15, 0.2) is 0 Å². The number of piperazine rings is 1. The molecule has 6 heteroatoms. The molecule has 0 aromatic carbocycles. The molecule has 0 aliphatic carbocycles. The molecule has 1 aliphatic heterocycles. The predicted octanol–water partition coefficient (Wildman–Crippen LogP) is 1.10. The number of likely N-dealkylation sites (N-methyl/N-ethyl adjacent to an activating group) is 1. The number of nitrogens with zero attached hydrogens (tertiary/aromatic N) is 2. The van der Waals surface area contributed by atoms with Crippen LogP contribution in [0.5, 0.6) is 0 Å². The summed E-state index contributed by atoms with van der Waals surface area (Å²) in [4.78, 5) is 26.9. The van der Waals surface area contributed by atoms with Crippen molar-refractivity contribution in [2.45, 2.75) is 32.9 Å². The standard InChI is InChI=1S/C14H20N2O4/c1-3-15-6-7-16(9-11-5-4-10(2)20-11)12(14(15)19)8-13(17)18/h4-5,12H,3,6-9H2,1-2H3,(H,17,18). The third kappa shape index (κ3) is 3.19. The van der Waals surface area contributed by atoms with Gasteiger partial charge in [-0.2, -0.15) is 0 Å². The summed E-state index contributed by atoms with van der Waals surface area (Å²) in [5.41, 5.74) is 0. The molecule has 6 nitrogen and oxygen atoms in total. The maximum absolute atomic E-state index is 12.3. The van der Waals surface area contributed by atoms with Crippen molar-refractivity contribution < 1.29 is 19.1 Å². The zero-order chi connectivity index (χ0) is 14.7. The minimum atomic E-state index is -0.957. The van der Waals surface area contributed by atoms with E-state index in [1.54, 1.807) is 4.90 Å². The van der Waals surface area contributed by atoms with Crippen molar-refractivity contribution in [3.8, 4) is 0 Å². The molecule has 0 spiro atoms. The van der Waals surface area contributed by atoms with E-state index in [1.807, 2.05) is 30.9 Å². The maximum atomic E-state index is 12.3. The number of amides is 1. The summed E-state index contributed by atoms with van der Waals surface area (Å²) in [5, 5.41) is 9.01. The molecular weight excluding hydrogens is 260 g/mol. The van der Waals surface area contributed by atoms with Crippen LogP contribution in [-0.2, 0) is 16.1 Å². The Morgan fingerprint density at radius 1 is 1.45 bits per heavy atom. The number of carbonyl (C=O) groups excluding carboxylic acids is 1. The molecule has 0 saturated carbocycles. The number of carboxylic acid groups (broad SMARTS) is 1. The van der Waals surface area contributed by atoms with Gasteiger partial charge >= 0.3 is 5.97 Å². The van der Waals surface area contributed by atoms with Gasteiger partial charge in [-0.3, -0.25) is 14.5 Å². The van der Waals surface area contributed by atoms with Crippen molar-refractivity contribution in [2.24, 2.45) is 0 Å². The molecular formula is C14H20N2O4. The van der Waals surface area contributed by atoms with E-state index in [2.05, 4.69) is 0 Å². The van der Waals surface area contributed by atoms with E-state index in [-0.39, 0.29) is 12.3 Å². The molecule has 1 fully saturated rings. The zero-order valence-electron chi connectivity index (χ0n) is 11.8. The van der Waals surface area contributed by atoms with Crippen LogP contribution in [0.2, 0.25) is 0 Å². The van der Waals surface area contributed by atoms with Gasteiger partial charge in [-0.25, -0.2) is 0 Å². The van der Waals surface area contributed by atoms with Crippen molar-refractivity contribution in [1.29, 1.82) is 0 Å². The second kappa shape index (κ2) is 6.09. The van der Waals surface area contributed by atoms with Crippen LogP contribution in [0.25, 0.3) is 0 Å². The normalized spacial score (nSPS) is 20.4. The van der Waals surface area contributed by atoms with Crippen LogP contribution >= 0.6 is 0 Å². The van der Waals surface area contributed by atoms with E-state index in [0.29, 0.717) is 26.2 Å². The van der Waals surface area contributed by atoms with Crippen LogP contribution in [0.1, 0.15) is 24.9 Å². The number of rotatable bonds is 5. The first kappa shape index (κ1) is 14.6. The summed E-state index contributed by atoms with van der Waals surface area (Å²) in [6.07, 6.45) is -0.172. The Bertz CT molecular complexity index is 497. The van der Waals surface area contributed by atoms with Gasteiger partial charge in [0.1, 0.15) is 17.6 Å². The zero-order valence-corrected chi connectivity index (χ0v) is 11.8. The van der Waals surface area contributed by atoms with Crippen molar-refractivity contribution >= 4 is 11.9 Å². The number of hydrogen-bond acceptors (Lipinski definition) is 4. The second-order valence-corrected chi connectivity index (χ2v) is 5.01. The highest BCUT2D eigenvalue weighted by atomic mass is 16.4. The molecule has 1 aromatic rings.